The first-order valence-corrected chi connectivity index (χ1v) is 7.34. The number of hydrazine groups is 1. The Labute approximate surface area is 130 Å². The van der Waals surface area contributed by atoms with Gasteiger partial charge in [-0.05, 0) is 55.0 Å². The van der Waals surface area contributed by atoms with E-state index in [0.29, 0.717) is 12.0 Å². The number of hydrogen-bond donors (Lipinski definition) is 2. The van der Waals surface area contributed by atoms with Gasteiger partial charge < -0.3 is 0 Å². The summed E-state index contributed by atoms with van der Waals surface area (Å²) in [6.07, 6.45) is 1.24. The van der Waals surface area contributed by atoms with E-state index >= 15 is 0 Å². The van der Waals surface area contributed by atoms with E-state index in [2.05, 4.69) is 37.5 Å². The Morgan fingerprint density at radius 3 is 2.57 bits per heavy atom. The molecule has 2 nitrogen and oxygen atoms in total. The van der Waals surface area contributed by atoms with Gasteiger partial charge in [0.15, 0.2) is 0 Å². The number of nitrogens with one attached hydrogen (secondary N) is 1. The lowest BCUT2D eigenvalue weighted by molar-refractivity contribution is 0.506. The molecule has 2 aromatic carbocycles. The van der Waals surface area contributed by atoms with Crippen molar-refractivity contribution >= 4 is 11.6 Å². The maximum atomic E-state index is 14.0. The molecule has 0 spiro atoms. The smallest absolute Gasteiger partial charge is 0.145 e. The minimum atomic E-state index is -0.362. The van der Waals surface area contributed by atoms with Crippen molar-refractivity contribution in [2.75, 3.05) is 0 Å². The van der Waals surface area contributed by atoms with Crippen LogP contribution in [0.5, 0.6) is 0 Å². The van der Waals surface area contributed by atoms with Gasteiger partial charge in [0.1, 0.15) is 5.82 Å². The van der Waals surface area contributed by atoms with Crippen LogP contribution < -0.4 is 11.3 Å². The molecule has 0 heterocycles. The zero-order valence-corrected chi connectivity index (χ0v) is 13.0. The van der Waals surface area contributed by atoms with Gasteiger partial charge in [-0.3, -0.25) is 11.3 Å². The van der Waals surface area contributed by atoms with Crippen LogP contribution >= 0.6 is 11.6 Å². The van der Waals surface area contributed by atoms with E-state index in [9.17, 15) is 4.39 Å². The summed E-state index contributed by atoms with van der Waals surface area (Å²) in [4.78, 5) is 0. The highest BCUT2D eigenvalue weighted by Crippen LogP contribution is 2.20. The van der Waals surface area contributed by atoms with Gasteiger partial charge >= 0.3 is 0 Å². The Bertz CT molecular complexity index is 628. The molecule has 0 aromatic heterocycles. The first-order valence-electron chi connectivity index (χ1n) is 6.96. The summed E-state index contributed by atoms with van der Waals surface area (Å²) >= 11 is 5.81. The molecule has 1 atom stereocenters. The predicted molar refractivity (Wildman–Crippen MR) is 85.8 cm³/mol. The van der Waals surface area contributed by atoms with Crippen LogP contribution in [0.1, 0.15) is 22.3 Å². The van der Waals surface area contributed by atoms with Gasteiger partial charge in [0.2, 0.25) is 0 Å². The van der Waals surface area contributed by atoms with Crippen LogP contribution in [0.4, 0.5) is 4.39 Å². The fourth-order valence-electron chi connectivity index (χ4n) is 2.38. The minimum absolute atomic E-state index is 0.0416. The molecule has 0 amide bonds. The van der Waals surface area contributed by atoms with E-state index in [-0.39, 0.29) is 16.9 Å². The third-order valence-corrected chi connectivity index (χ3v) is 4.08. The van der Waals surface area contributed by atoms with Gasteiger partial charge in [0.25, 0.3) is 0 Å². The summed E-state index contributed by atoms with van der Waals surface area (Å²) in [6, 6.07) is 11.3. The van der Waals surface area contributed by atoms with Crippen molar-refractivity contribution in [2.45, 2.75) is 32.7 Å². The van der Waals surface area contributed by atoms with Crippen molar-refractivity contribution in [2.24, 2.45) is 5.84 Å². The molecule has 0 aliphatic rings. The number of nitrogens with two attached hydrogens (primary N) is 1. The van der Waals surface area contributed by atoms with Crippen molar-refractivity contribution in [1.82, 2.24) is 5.43 Å². The lowest BCUT2D eigenvalue weighted by Crippen LogP contribution is -2.38. The topological polar surface area (TPSA) is 38.0 Å². The van der Waals surface area contributed by atoms with Gasteiger partial charge in [-0.2, -0.15) is 0 Å². The average Bonchev–Trinajstić information content (AvgIpc) is 2.47. The molecule has 0 saturated heterocycles. The first-order chi connectivity index (χ1) is 10.0. The molecular weight excluding hydrogens is 287 g/mol. The summed E-state index contributed by atoms with van der Waals surface area (Å²) in [5.74, 6) is 5.26. The molecule has 0 aliphatic carbocycles. The zero-order valence-electron chi connectivity index (χ0n) is 12.3. The van der Waals surface area contributed by atoms with Crippen LogP contribution in [0, 0.1) is 19.7 Å². The monoisotopic (exact) mass is 306 g/mol. The summed E-state index contributed by atoms with van der Waals surface area (Å²) in [5.41, 5.74) is 7.04. The molecule has 0 aliphatic heterocycles. The Hall–Kier alpha value is -1.42. The molecule has 0 radical (unpaired) electrons. The summed E-state index contributed by atoms with van der Waals surface area (Å²) < 4.78 is 14.0. The van der Waals surface area contributed by atoms with E-state index < -0.39 is 0 Å². The Kier molecular flexibility index (Phi) is 5.34. The lowest BCUT2D eigenvalue weighted by Gasteiger charge is -2.17. The summed E-state index contributed by atoms with van der Waals surface area (Å²) in [6.45, 7) is 4.17. The van der Waals surface area contributed by atoms with Crippen LogP contribution in [0.25, 0.3) is 0 Å². The standard InChI is InChI=1S/C17H20ClFN2/c1-11-6-7-13(8-12(11)2)9-15(21-20)10-14-4-3-5-16(18)17(14)19/h3-8,15,21H,9-10,20H2,1-2H3. The fourth-order valence-corrected chi connectivity index (χ4v) is 2.57. The van der Waals surface area contributed by atoms with E-state index in [1.165, 1.54) is 16.7 Å². The van der Waals surface area contributed by atoms with Gasteiger partial charge in [0, 0.05) is 6.04 Å². The second-order valence-corrected chi connectivity index (χ2v) is 5.81. The average molecular weight is 307 g/mol. The number of halogens is 2. The second-order valence-electron chi connectivity index (χ2n) is 5.40. The molecule has 21 heavy (non-hydrogen) atoms. The molecule has 2 rings (SSSR count). The SMILES string of the molecule is Cc1ccc(CC(Cc2cccc(Cl)c2F)NN)cc1C. The first kappa shape index (κ1) is 16.0. The van der Waals surface area contributed by atoms with E-state index in [0.717, 1.165) is 6.42 Å². The Balaban J connectivity index is 2.13. The Morgan fingerprint density at radius 1 is 1.14 bits per heavy atom. The highest BCUT2D eigenvalue weighted by Gasteiger charge is 2.13. The maximum absolute atomic E-state index is 14.0. The molecule has 0 bridgehead atoms. The third-order valence-electron chi connectivity index (χ3n) is 3.79. The van der Waals surface area contributed by atoms with Crippen LogP contribution in [0.3, 0.4) is 0 Å². The van der Waals surface area contributed by atoms with Gasteiger partial charge in [-0.25, -0.2) is 4.39 Å². The maximum Gasteiger partial charge on any atom is 0.145 e. The summed E-state index contributed by atoms with van der Waals surface area (Å²) in [7, 11) is 0. The number of hydrogen-bond acceptors (Lipinski definition) is 2. The lowest BCUT2D eigenvalue weighted by atomic mass is 9.97. The second kappa shape index (κ2) is 7.03. The van der Waals surface area contributed by atoms with Gasteiger partial charge in [0.05, 0.1) is 5.02 Å². The van der Waals surface area contributed by atoms with Gasteiger partial charge in [-0.15, -0.1) is 0 Å². The van der Waals surface area contributed by atoms with Crippen molar-refractivity contribution in [1.29, 1.82) is 0 Å². The van der Waals surface area contributed by atoms with Crippen molar-refractivity contribution < 1.29 is 4.39 Å². The van der Waals surface area contributed by atoms with Crippen LogP contribution in [0.15, 0.2) is 36.4 Å². The number of rotatable bonds is 5. The molecule has 3 N–H and O–H groups in total. The molecule has 1 unspecified atom stereocenters. The largest absolute Gasteiger partial charge is 0.271 e. The highest BCUT2D eigenvalue weighted by atomic mass is 35.5. The van der Waals surface area contributed by atoms with E-state index in [1.54, 1.807) is 18.2 Å². The Morgan fingerprint density at radius 2 is 1.90 bits per heavy atom. The molecule has 112 valence electrons. The van der Waals surface area contributed by atoms with E-state index in [4.69, 9.17) is 17.4 Å². The molecular formula is C17H20ClFN2. The molecule has 0 fully saturated rings. The van der Waals surface area contributed by atoms with E-state index in [1.807, 2.05) is 0 Å². The zero-order chi connectivity index (χ0) is 15.4. The highest BCUT2D eigenvalue weighted by molar-refractivity contribution is 6.30. The molecule has 4 heteroatoms. The fraction of sp³-hybridized carbons (Fsp3) is 0.294. The van der Waals surface area contributed by atoms with Crippen molar-refractivity contribution in [3.05, 3.63) is 69.5 Å². The number of aryl methyl sites for hydroxylation is 2. The normalized spacial score (nSPS) is 12.4. The van der Waals surface area contributed by atoms with Crippen molar-refractivity contribution in [3.63, 3.8) is 0 Å². The molecule has 0 saturated carbocycles. The van der Waals surface area contributed by atoms with Crippen molar-refractivity contribution in [3.8, 4) is 0 Å². The van der Waals surface area contributed by atoms with Crippen LogP contribution in [-0.4, -0.2) is 6.04 Å². The van der Waals surface area contributed by atoms with Crippen LogP contribution in [-0.2, 0) is 12.8 Å². The van der Waals surface area contributed by atoms with Gasteiger partial charge in [-0.1, -0.05) is 41.9 Å². The molecule has 2 aromatic rings. The van der Waals surface area contributed by atoms with Crippen LogP contribution in [0.2, 0.25) is 5.02 Å². The minimum Gasteiger partial charge on any atom is -0.271 e. The quantitative estimate of drug-likeness (QED) is 0.653. The summed E-state index contributed by atoms with van der Waals surface area (Å²) in [5, 5.41) is 0.148. The third kappa shape index (κ3) is 4.03. The predicted octanol–water partition coefficient (Wildman–Crippen LogP) is 3.71. The number of benzene rings is 2.